The molecule has 1 aromatic carbocycles. The first-order chi connectivity index (χ1) is 8.08. The molecule has 17 heavy (non-hydrogen) atoms. The quantitative estimate of drug-likeness (QED) is 0.898. The zero-order valence-corrected chi connectivity index (χ0v) is 10.8. The van der Waals surface area contributed by atoms with Crippen LogP contribution in [0.4, 0.5) is 0 Å². The van der Waals surface area contributed by atoms with Crippen molar-refractivity contribution in [3.05, 3.63) is 29.3 Å². The number of benzene rings is 1. The fourth-order valence-corrected chi connectivity index (χ4v) is 3.47. The summed E-state index contributed by atoms with van der Waals surface area (Å²) < 4.78 is 29.6. The Hall–Kier alpha value is -0.620. The zero-order valence-electron chi connectivity index (χ0n) is 9.23. The van der Waals surface area contributed by atoms with E-state index in [-0.39, 0.29) is 16.8 Å². The lowest BCUT2D eigenvalue weighted by Crippen LogP contribution is -2.42. The fraction of sp³-hybridized carbons (Fsp3) is 0.455. The molecule has 1 N–H and O–H groups in total. The van der Waals surface area contributed by atoms with Crippen LogP contribution in [0.25, 0.3) is 0 Å². The minimum absolute atomic E-state index is 0.0135. The molecule has 1 unspecified atom stereocenters. The largest absolute Gasteiger partial charge is 0.375 e. The summed E-state index contributed by atoms with van der Waals surface area (Å²) in [6, 6.07) is 6.30. The van der Waals surface area contributed by atoms with E-state index < -0.39 is 9.84 Å². The maximum absolute atomic E-state index is 12.1. The fourth-order valence-electron chi connectivity index (χ4n) is 1.73. The summed E-state index contributed by atoms with van der Waals surface area (Å²) in [5.74, 6) is -0.0135. The van der Waals surface area contributed by atoms with Gasteiger partial charge in [-0.15, -0.1) is 0 Å². The number of nitrogens with one attached hydrogen (secondary N) is 1. The molecule has 0 spiro atoms. The van der Waals surface area contributed by atoms with Gasteiger partial charge in [-0.3, -0.25) is 0 Å². The van der Waals surface area contributed by atoms with Gasteiger partial charge in [-0.05, 0) is 18.2 Å². The molecule has 6 heteroatoms. The maximum Gasteiger partial charge on any atom is 0.181 e. The summed E-state index contributed by atoms with van der Waals surface area (Å²) in [6.45, 7) is 1.89. The summed E-state index contributed by atoms with van der Waals surface area (Å²) in [5.41, 5.74) is 0. The van der Waals surface area contributed by atoms with Crippen LogP contribution in [0, 0.1) is 0 Å². The maximum atomic E-state index is 12.1. The van der Waals surface area contributed by atoms with E-state index in [0.29, 0.717) is 18.2 Å². The molecule has 2 rings (SSSR count). The molecule has 0 aromatic heterocycles. The predicted octanol–water partition coefficient (Wildman–Crippen LogP) is 1.10. The van der Waals surface area contributed by atoms with Gasteiger partial charge in [-0.1, -0.05) is 17.7 Å². The van der Waals surface area contributed by atoms with E-state index in [0.717, 1.165) is 6.54 Å². The lowest BCUT2D eigenvalue weighted by atomic mass is 10.3. The molecule has 1 aliphatic heterocycles. The van der Waals surface area contributed by atoms with E-state index >= 15 is 0 Å². The summed E-state index contributed by atoms with van der Waals surface area (Å²) in [4.78, 5) is 0.249. The molecular weight excluding hydrogens is 262 g/mol. The monoisotopic (exact) mass is 275 g/mol. The van der Waals surface area contributed by atoms with Crippen LogP contribution >= 0.6 is 11.6 Å². The van der Waals surface area contributed by atoms with Crippen LogP contribution in [0.5, 0.6) is 0 Å². The Kier molecular flexibility index (Phi) is 4.04. The van der Waals surface area contributed by atoms with E-state index in [1.165, 1.54) is 6.07 Å². The molecule has 1 atom stereocenters. The Morgan fingerprint density at radius 1 is 1.47 bits per heavy atom. The van der Waals surface area contributed by atoms with Crippen LogP contribution in [0.15, 0.2) is 29.2 Å². The average Bonchev–Trinajstić information content (AvgIpc) is 2.30. The molecule has 0 saturated carbocycles. The highest BCUT2D eigenvalue weighted by Crippen LogP contribution is 2.18. The van der Waals surface area contributed by atoms with Crippen LogP contribution in [-0.2, 0) is 14.6 Å². The minimum atomic E-state index is -3.33. The van der Waals surface area contributed by atoms with Crippen molar-refractivity contribution in [2.75, 3.05) is 25.4 Å². The van der Waals surface area contributed by atoms with Gasteiger partial charge < -0.3 is 10.1 Å². The Labute approximate surface area is 106 Å². The first-order valence-corrected chi connectivity index (χ1v) is 7.41. The lowest BCUT2D eigenvalue weighted by molar-refractivity contribution is 0.0430. The summed E-state index contributed by atoms with van der Waals surface area (Å²) >= 11 is 5.79. The molecule has 0 amide bonds. The Balaban J connectivity index is 2.13. The number of hydrogen-bond acceptors (Lipinski definition) is 4. The molecule has 0 bridgehead atoms. The highest BCUT2D eigenvalue weighted by Gasteiger charge is 2.23. The van der Waals surface area contributed by atoms with E-state index in [4.69, 9.17) is 16.3 Å². The second-order valence-electron chi connectivity index (χ2n) is 3.94. The molecule has 1 saturated heterocycles. The van der Waals surface area contributed by atoms with Crippen molar-refractivity contribution in [3.8, 4) is 0 Å². The van der Waals surface area contributed by atoms with Crippen LogP contribution in [0.2, 0.25) is 5.02 Å². The van der Waals surface area contributed by atoms with Gasteiger partial charge in [0.1, 0.15) is 0 Å². The molecule has 94 valence electrons. The van der Waals surface area contributed by atoms with Crippen molar-refractivity contribution < 1.29 is 13.2 Å². The Morgan fingerprint density at radius 2 is 2.29 bits per heavy atom. The van der Waals surface area contributed by atoms with Gasteiger partial charge in [0.2, 0.25) is 0 Å². The van der Waals surface area contributed by atoms with E-state index in [1.807, 2.05) is 0 Å². The normalized spacial score (nSPS) is 21.4. The smallest absolute Gasteiger partial charge is 0.181 e. The molecule has 0 aliphatic carbocycles. The number of hydrogen-bond donors (Lipinski definition) is 1. The average molecular weight is 276 g/mol. The molecule has 1 aliphatic rings. The van der Waals surface area contributed by atoms with Crippen molar-refractivity contribution >= 4 is 21.4 Å². The SMILES string of the molecule is O=S(=O)(CC1CNCCO1)c1cccc(Cl)c1. The van der Waals surface area contributed by atoms with Crippen LogP contribution in [-0.4, -0.2) is 40.0 Å². The van der Waals surface area contributed by atoms with Gasteiger partial charge in [-0.25, -0.2) is 8.42 Å². The lowest BCUT2D eigenvalue weighted by Gasteiger charge is -2.23. The number of morpholine rings is 1. The highest BCUT2D eigenvalue weighted by molar-refractivity contribution is 7.91. The van der Waals surface area contributed by atoms with E-state index in [1.54, 1.807) is 18.2 Å². The van der Waals surface area contributed by atoms with Crippen LogP contribution in [0.3, 0.4) is 0 Å². The first-order valence-electron chi connectivity index (χ1n) is 5.38. The van der Waals surface area contributed by atoms with Crippen molar-refractivity contribution in [1.82, 2.24) is 5.32 Å². The third-order valence-electron chi connectivity index (χ3n) is 2.56. The number of rotatable bonds is 3. The Bertz CT molecular complexity index is 483. The second-order valence-corrected chi connectivity index (χ2v) is 6.41. The van der Waals surface area contributed by atoms with Gasteiger partial charge in [0.25, 0.3) is 0 Å². The zero-order chi connectivity index (χ0) is 12.3. The van der Waals surface area contributed by atoms with Crippen LogP contribution < -0.4 is 5.32 Å². The van der Waals surface area contributed by atoms with Gasteiger partial charge in [0.05, 0.1) is 23.4 Å². The van der Waals surface area contributed by atoms with Gasteiger partial charge in [-0.2, -0.15) is 0 Å². The molecular formula is C11H14ClNO3S. The molecule has 0 radical (unpaired) electrons. The number of ether oxygens (including phenoxy) is 1. The van der Waals surface area contributed by atoms with Crippen molar-refractivity contribution in [3.63, 3.8) is 0 Å². The first kappa shape index (κ1) is 12.8. The molecule has 1 aromatic rings. The van der Waals surface area contributed by atoms with Crippen LogP contribution in [0.1, 0.15) is 0 Å². The third kappa shape index (κ3) is 3.42. The Morgan fingerprint density at radius 3 is 2.94 bits per heavy atom. The summed E-state index contributed by atoms with van der Waals surface area (Å²) in [7, 11) is -3.33. The minimum Gasteiger partial charge on any atom is -0.375 e. The highest BCUT2D eigenvalue weighted by atomic mass is 35.5. The number of halogens is 1. The third-order valence-corrected chi connectivity index (χ3v) is 4.58. The van der Waals surface area contributed by atoms with E-state index in [9.17, 15) is 8.42 Å². The van der Waals surface area contributed by atoms with Gasteiger partial charge in [0.15, 0.2) is 9.84 Å². The van der Waals surface area contributed by atoms with E-state index in [2.05, 4.69) is 5.32 Å². The van der Waals surface area contributed by atoms with Gasteiger partial charge in [0, 0.05) is 18.1 Å². The molecule has 4 nitrogen and oxygen atoms in total. The van der Waals surface area contributed by atoms with Crippen molar-refractivity contribution in [1.29, 1.82) is 0 Å². The second kappa shape index (κ2) is 5.35. The predicted molar refractivity (Wildman–Crippen MR) is 66.1 cm³/mol. The standard InChI is InChI=1S/C11H14ClNO3S/c12-9-2-1-3-11(6-9)17(14,15)8-10-7-13-4-5-16-10/h1-3,6,10,13H,4-5,7-8H2. The molecule has 1 heterocycles. The molecule has 1 fully saturated rings. The topological polar surface area (TPSA) is 55.4 Å². The van der Waals surface area contributed by atoms with Crippen molar-refractivity contribution in [2.24, 2.45) is 0 Å². The summed E-state index contributed by atoms with van der Waals surface area (Å²) in [5, 5.41) is 3.53. The van der Waals surface area contributed by atoms with Gasteiger partial charge >= 0.3 is 0 Å². The number of sulfone groups is 1. The summed E-state index contributed by atoms with van der Waals surface area (Å²) in [6.07, 6.45) is -0.285. The van der Waals surface area contributed by atoms with Crippen molar-refractivity contribution in [2.45, 2.75) is 11.0 Å².